The molecule has 1 aliphatic heterocycles. The fourth-order valence-electron chi connectivity index (χ4n) is 4.86. The van der Waals surface area contributed by atoms with Gasteiger partial charge >= 0.3 is 0 Å². The van der Waals surface area contributed by atoms with E-state index in [9.17, 15) is 5.11 Å². The quantitative estimate of drug-likeness (QED) is 0.389. The van der Waals surface area contributed by atoms with Crippen LogP contribution in [0.2, 0.25) is 0 Å². The Kier molecular flexibility index (Phi) is 7.86. The van der Waals surface area contributed by atoms with Gasteiger partial charge in [-0.1, -0.05) is 43.3 Å². The number of hydrogen-bond acceptors (Lipinski definition) is 5. The van der Waals surface area contributed by atoms with Gasteiger partial charge in [-0.05, 0) is 79.3 Å². The van der Waals surface area contributed by atoms with Crippen LogP contribution in [0.4, 0.5) is 0 Å². The number of hydrogen-bond donors (Lipinski definition) is 1. The molecule has 2 aromatic carbocycles. The van der Waals surface area contributed by atoms with Crippen molar-refractivity contribution in [2.75, 3.05) is 27.3 Å². The van der Waals surface area contributed by atoms with Crippen LogP contribution in [-0.4, -0.2) is 42.3 Å². The van der Waals surface area contributed by atoms with Gasteiger partial charge in [0.15, 0.2) is 11.5 Å². The first kappa shape index (κ1) is 23.8. The van der Waals surface area contributed by atoms with Crippen LogP contribution in [0, 0.1) is 0 Å². The molecular weight excluding hydrogens is 424 g/mol. The third-order valence-corrected chi connectivity index (χ3v) is 6.62. The summed E-state index contributed by atoms with van der Waals surface area (Å²) in [5.74, 6) is 1.76. The highest BCUT2D eigenvalue weighted by atomic mass is 16.5. The van der Waals surface area contributed by atoms with Gasteiger partial charge in [0, 0.05) is 12.2 Å². The van der Waals surface area contributed by atoms with E-state index in [1.807, 2.05) is 6.07 Å². The molecule has 0 amide bonds. The molecule has 5 nitrogen and oxygen atoms in total. The average molecular weight is 459 g/mol. The van der Waals surface area contributed by atoms with Gasteiger partial charge in [0.1, 0.15) is 11.4 Å². The summed E-state index contributed by atoms with van der Waals surface area (Å²) in [4.78, 5) is 7.08. The number of aromatic nitrogens is 1. The first-order chi connectivity index (χ1) is 16.6. The number of unbranched alkanes of at least 4 members (excludes halogenated alkanes) is 2. The van der Waals surface area contributed by atoms with E-state index in [1.165, 1.54) is 16.7 Å². The minimum atomic E-state index is 0.185. The lowest BCUT2D eigenvalue weighted by Gasteiger charge is -2.38. The van der Waals surface area contributed by atoms with Crippen molar-refractivity contribution in [1.82, 2.24) is 9.88 Å². The van der Waals surface area contributed by atoms with Gasteiger partial charge in [-0.3, -0.25) is 4.90 Å². The summed E-state index contributed by atoms with van der Waals surface area (Å²) in [5, 5.41) is 9.79. The molecular formula is C29H34N2O3. The van der Waals surface area contributed by atoms with Gasteiger partial charge in [-0.2, -0.15) is 0 Å². The summed E-state index contributed by atoms with van der Waals surface area (Å²) < 4.78 is 11.2. The molecule has 1 N–H and O–H groups in total. The number of fused-ring (bicyclic) bond motifs is 1. The van der Waals surface area contributed by atoms with Gasteiger partial charge in [-0.15, -0.1) is 0 Å². The van der Waals surface area contributed by atoms with Crippen molar-refractivity contribution >= 4 is 6.08 Å². The summed E-state index contributed by atoms with van der Waals surface area (Å²) in [5.41, 5.74) is 5.51. The zero-order valence-corrected chi connectivity index (χ0v) is 20.2. The fourth-order valence-corrected chi connectivity index (χ4v) is 4.86. The number of ether oxygens (including phenoxy) is 2. The van der Waals surface area contributed by atoms with Crippen LogP contribution in [-0.2, 0) is 12.8 Å². The monoisotopic (exact) mass is 458 g/mol. The molecule has 0 spiro atoms. The number of methoxy groups -OCH3 is 2. The molecule has 0 saturated heterocycles. The van der Waals surface area contributed by atoms with E-state index < -0.39 is 0 Å². The van der Waals surface area contributed by atoms with E-state index in [-0.39, 0.29) is 11.8 Å². The number of benzene rings is 2. The van der Waals surface area contributed by atoms with Gasteiger partial charge in [0.2, 0.25) is 0 Å². The van der Waals surface area contributed by atoms with E-state index in [2.05, 4.69) is 58.9 Å². The molecule has 2 heterocycles. The van der Waals surface area contributed by atoms with Crippen LogP contribution in [0.25, 0.3) is 6.08 Å². The van der Waals surface area contributed by atoms with Crippen molar-refractivity contribution in [3.05, 3.63) is 89.3 Å². The molecule has 0 bridgehead atoms. The molecule has 1 aromatic heterocycles. The normalized spacial score (nSPS) is 15.5. The van der Waals surface area contributed by atoms with Gasteiger partial charge in [0.25, 0.3) is 0 Å². The molecule has 5 heteroatoms. The zero-order chi connectivity index (χ0) is 23.9. The van der Waals surface area contributed by atoms with Crippen LogP contribution < -0.4 is 9.47 Å². The largest absolute Gasteiger partial charge is 0.506 e. The Bertz CT molecular complexity index is 1110. The van der Waals surface area contributed by atoms with Crippen molar-refractivity contribution in [1.29, 1.82) is 0 Å². The lowest BCUT2D eigenvalue weighted by atomic mass is 9.87. The standard InChI is InChI=1S/C29H34N2O3/c1-4-25-26(32)15-14-23(30-25)13-9-6-10-17-31-18-16-22-19-27(33-2)28(34-3)20-24(22)29(31)21-11-7-5-8-12-21/h4-5,7-8,11-12,14-15,19-20,29,32H,1,6,9-10,13,16-18H2,2-3H3. The molecule has 0 radical (unpaired) electrons. The fraction of sp³-hybridized carbons (Fsp3) is 0.345. The first-order valence-corrected chi connectivity index (χ1v) is 12.0. The zero-order valence-electron chi connectivity index (χ0n) is 20.2. The number of aromatic hydroxyl groups is 1. The van der Waals surface area contributed by atoms with E-state index >= 15 is 0 Å². The number of rotatable bonds is 10. The third kappa shape index (κ3) is 5.26. The Balaban J connectivity index is 1.44. The molecule has 1 atom stereocenters. The molecule has 34 heavy (non-hydrogen) atoms. The Morgan fingerprint density at radius 1 is 1.03 bits per heavy atom. The predicted molar refractivity (Wildman–Crippen MR) is 137 cm³/mol. The number of aryl methyl sites for hydroxylation is 1. The second-order valence-corrected chi connectivity index (χ2v) is 8.73. The molecule has 0 fully saturated rings. The maximum absolute atomic E-state index is 9.79. The van der Waals surface area contributed by atoms with Crippen LogP contribution in [0.3, 0.4) is 0 Å². The Morgan fingerprint density at radius 2 is 1.79 bits per heavy atom. The first-order valence-electron chi connectivity index (χ1n) is 12.0. The number of pyridine rings is 1. The highest BCUT2D eigenvalue weighted by Gasteiger charge is 2.30. The summed E-state index contributed by atoms with van der Waals surface area (Å²) in [6, 6.07) is 18.9. The number of nitrogens with zero attached hydrogens (tertiary/aromatic N) is 2. The van der Waals surface area contributed by atoms with Crippen LogP contribution in [0.1, 0.15) is 53.4 Å². The summed E-state index contributed by atoms with van der Waals surface area (Å²) in [7, 11) is 3.39. The maximum atomic E-state index is 9.79. The summed E-state index contributed by atoms with van der Waals surface area (Å²) >= 11 is 0. The molecule has 0 aliphatic carbocycles. The molecule has 4 rings (SSSR count). The lowest BCUT2D eigenvalue weighted by Crippen LogP contribution is -2.36. The van der Waals surface area contributed by atoms with Crippen molar-refractivity contribution in [2.45, 2.75) is 38.1 Å². The highest BCUT2D eigenvalue weighted by molar-refractivity contribution is 5.52. The Labute approximate surface area is 202 Å². The van der Waals surface area contributed by atoms with Crippen molar-refractivity contribution < 1.29 is 14.6 Å². The van der Waals surface area contributed by atoms with Gasteiger partial charge < -0.3 is 14.6 Å². The van der Waals surface area contributed by atoms with Crippen LogP contribution in [0.15, 0.2) is 61.2 Å². The Hall–Kier alpha value is -3.31. The lowest BCUT2D eigenvalue weighted by molar-refractivity contribution is 0.207. The topological polar surface area (TPSA) is 54.8 Å². The van der Waals surface area contributed by atoms with E-state index in [4.69, 9.17) is 9.47 Å². The van der Waals surface area contributed by atoms with Crippen molar-refractivity contribution in [3.8, 4) is 17.2 Å². The second kappa shape index (κ2) is 11.2. The average Bonchev–Trinajstić information content (AvgIpc) is 2.88. The van der Waals surface area contributed by atoms with Gasteiger partial charge in [0.05, 0.1) is 20.3 Å². The van der Waals surface area contributed by atoms with Crippen LogP contribution >= 0.6 is 0 Å². The Morgan fingerprint density at radius 3 is 2.53 bits per heavy atom. The van der Waals surface area contributed by atoms with E-state index in [0.717, 1.165) is 62.4 Å². The maximum Gasteiger partial charge on any atom is 0.161 e. The SMILES string of the molecule is C=Cc1nc(CCCCCN2CCc3cc(OC)c(OC)cc3C2c2ccccc2)ccc1O. The second-order valence-electron chi connectivity index (χ2n) is 8.73. The minimum Gasteiger partial charge on any atom is -0.506 e. The highest BCUT2D eigenvalue weighted by Crippen LogP contribution is 2.41. The predicted octanol–water partition coefficient (Wildman–Crippen LogP) is 5.81. The van der Waals surface area contributed by atoms with Crippen molar-refractivity contribution in [3.63, 3.8) is 0 Å². The molecule has 3 aromatic rings. The smallest absolute Gasteiger partial charge is 0.161 e. The third-order valence-electron chi connectivity index (χ3n) is 6.62. The van der Waals surface area contributed by atoms with E-state index in [0.29, 0.717) is 5.69 Å². The van der Waals surface area contributed by atoms with Crippen molar-refractivity contribution in [2.24, 2.45) is 0 Å². The minimum absolute atomic E-state index is 0.185. The van der Waals surface area contributed by atoms with Gasteiger partial charge in [-0.25, -0.2) is 4.98 Å². The van der Waals surface area contributed by atoms with Crippen LogP contribution in [0.5, 0.6) is 17.2 Å². The summed E-state index contributed by atoms with van der Waals surface area (Å²) in [6.07, 6.45) is 6.83. The molecule has 1 aliphatic rings. The molecule has 1 unspecified atom stereocenters. The summed E-state index contributed by atoms with van der Waals surface area (Å²) in [6.45, 7) is 5.77. The molecule has 0 saturated carbocycles. The molecule has 178 valence electrons. The van der Waals surface area contributed by atoms with E-state index in [1.54, 1.807) is 26.4 Å².